The van der Waals surface area contributed by atoms with Crippen molar-refractivity contribution in [1.82, 2.24) is 19.6 Å². The van der Waals surface area contributed by atoms with Gasteiger partial charge in [0.1, 0.15) is 5.82 Å². The fourth-order valence-corrected chi connectivity index (χ4v) is 5.69. The smallest absolute Gasteiger partial charge is 0.223 e. The van der Waals surface area contributed by atoms with Gasteiger partial charge >= 0.3 is 0 Å². The van der Waals surface area contributed by atoms with Crippen LogP contribution < -0.4 is 4.90 Å². The molecule has 3 rings (SSSR count). The lowest BCUT2D eigenvalue weighted by Crippen LogP contribution is -2.47. The van der Waals surface area contributed by atoms with E-state index in [1.54, 1.807) is 0 Å². The first-order valence-corrected chi connectivity index (χ1v) is 15.9. The van der Waals surface area contributed by atoms with E-state index in [0.29, 0.717) is 18.9 Å². The fraction of sp³-hybridized carbons (Fsp3) is 0.697. The molecule has 218 valence electrons. The normalized spacial score (nSPS) is 15.1. The molecule has 1 aromatic heterocycles. The van der Waals surface area contributed by atoms with Crippen LogP contribution >= 0.6 is 0 Å². The molecule has 1 aliphatic rings. The predicted octanol–water partition coefficient (Wildman–Crippen LogP) is 7.37. The van der Waals surface area contributed by atoms with Gasteiger partial charge in [0.15, 0.2) is 0 Å². The molecule has 0 aliphatic carbocycles. The minimum atomic E-state index is 0.209. The summed E-state index contributed by atoms with van der Waals surface area (Å²) >= 11 is 0. The third-order valence-corrected chi connectivity index (χ3v) is 8.54. The Morgan fingerprint density at radius 3 is 2.10 bits per heavy atom. The highest BCUT2D eigenvalue weighted by Crippen LogP contribution is 2.30. The zero-order valence-electron chi connectivity index (χ0n) is 25.6. The number of benzene rings is 1. The van der Waals surface area contributed by atoms with Crippen molar-refractivity contribution in [3.63, 3.8) is 0 Å². The van der Waals surface area contributed by atoms with E-state index in [2.05, 4.69) is 84.3 Å². The average molecular weight is 538 g/mol. The minimum absolute atomic E-state index is 0.209. The lowest BCUT2D eigenvalue weighted by Gasteiger charge is -2.37. The van der Waals surface area contributed by atoms with Gasteiger partial charge in [-0.3, -0.25) is 4.79 Å². The number of unbranched alkanes of at least 4 members (excludes halogenated alkanes) is 8. The van der Waals surface area contributed by atoms with Gasteiger partial charge in [-0.25, -0.2) is 4.68 Å². The second kappa shape index (κ2) is 16.7. The summed E-state index contributed by atoms with van der Waals surface area (Å²) in [7, 11) is 0. The molecular weight excluding hydrogens is 482 g/mol. The van der Waals surface area contributed by atoms with Crippen LogP contribution in [-0.4, -0.2) is 64.3 Å². The first kappa shape index (κ1) is 31.2. The first-order valence-electron chi connectivity index (χ1n) is 15.9. The number of likely N-dealkylation sites (N-methyl/N-ethyl adjacent to an activating group) is 1. The molecule has 0 radical (unpaired) electrons. The van der Waals surface area contributed by atoms with E-state index in [0.717, 1.165) is 63.4 Å². The maximum atomic E-state index is 13.6. The van der Waals surface area contributed by atoms with Crippen LogP contribution in [0.1, 0.15) is 110 Å². The summed E-state index contributed by atoms with van der Waals surface area (Å²) in [5, 5.41) is 5.04. The number of amides is 1. The second-order valence-corrected chi connectivity index (χ2v) is 11.4. The Morgan fingerprint density at radius 1 is 0.897 bits per heavy atom. The van der Waals surface area contributed by atoms with E-state index < -0.39 is 0 Å². The van der Waals surface area contributed by atoms with Crippen molar-refractivity contribution < 1.29 is 4.79 Å². The summed E-state index contributed by atoms with van der Waals surface area (Å²) in [5.74, 6) is 1.46. The molecule has 2 heterocycles. The molecule has 1 saturated heterocycles. The molecule has 2 aromatic rings. The molecular formula is C33H55N5O. The van der Waals surface area contributed by atoms with Crippen LogP contribution in [0.25, 0.3) is 5.69 Å². The van der Waals surface area contributed by atoms with Gasteiger partial charge in [-0.05, 0) is 45.4 Å². The number of anilines is 1. The van der Waals surface area contributed by atoms with Crippen molar-refractivity contribution in [1.29, 1.82) is 0 Å². The zero-order valence-corrected chi connectivity index (χ0v) is 25.6. The van der Waals surface area contributed by atoms with Gasteiger partial charge in [0.05, 0.1) is 17.9 Å². The number of aryl methyl sites for hydroxylation is 1. The number of para-hydroxylation sites is 1. The lowest BCUT2D eigenvalue weighted by molar-refractivity contribution is -0.134. The number of hydrogen-bond acceptors (Lipinski definition) is 4. The third kappa shape index (κ3) is 9.09. The number of piperazine rings is 1. The average Bonchev–Trinajstić information content (AvgIpc) is 3.30. The Labute approximate surface area is 238 Å². The number of carbonyl (C=O) groups excluding carboxylic acids is 1. The number of carbonyl (C=O) groups is 1. The molecule has 1 aromatic carbocycles. The van der Waals surface area contributed by atoms with Crippen molar-refractivity contribution >= 4 is 11.7 Å². The maximum absolute atomic E-state index is 13.6. The summed E-state index contributed by atoms with van der Waals surface area (Å²) in [6, 6.07) is 10.7. The Morgan fingerprint density at radius 2 is 1.51 bits per heavy atom. The summed E-state index contributed by atoms with van der Waals surface area (Å²) < 4.78 is 2.12. The van der Waals surface area contributed by atoms with Crippen LogP contribution in [0.5, 0.6) is 0 Å². The quantitative estimate of drug-likeness (QED) is 0.198. The van der Waals surface area contributed by atoms with E-state index in [4.69, 9.17) is 5.10 Å². The van der Waals surface area contributed by atoms with Crippen molar-refractivity contribution in [2.24, 2.45) is 0 Å². The summed E-state index contributed by atoms with van der Waals surface area (Å²) in [6.07, 6.45) is 13.1. The van der Waals surface area contributed by atoms with Crippen molar-refractivity contribution in [3.05, 3.63) is 41.6 Å². The lowest BCUT2D eigenvalue weighted by atomic mass is 10.1. The van der Waals surface area contributed by atoms with Crippen molar-refractivity contribution in [2.45, 2.75) is 118 Å². The standard InChI is InChI=1S/C33H55N5O/c1-6-9-10-11-12-13-14-15-19-22-32(39)37(28(4)7-2)27-31-29(5)34-38(30-20-17-16-18-21-30)33(31)36-25-23-35(8-3)24-26-36/h16-18,20-21,28H,6-15,19,22-27H2,1-5H3. The highest BCUT2D eigenvalue weighted by molar-refractivity contribution is 5.77. The zero-order chi connectivity index (χ0) is 28.0. The van der Waals surface area contributed by atoms with E-state index in [9.17, 15) is 4.79 Å². The van der Waals surface area contributed by atoms with Crippen LogP contribution in [0, 0.1) is 6.92 Å². The molecule has 0 bridgehead atoms. The Bertz CT molecular complexity index is 964. The molecule has 1 fully saturated rings. The molecule has 1 aliphatic heterocycles. The molecule has 1 amide bonds. The molecule has 39 heavy (non-hydrogen) atoms. The maximum Gasteiger partial charge on any atom is 0.223 e. The molecule has 0 saturated carbocycles. The second-order valence-electron chi connectivity index (χ2n) is 11.4. The Balaban J connectivity index is 1.72. The van der Waals surface area contributed by atoms with Gasteiger partial charge in [0.25, 0.3) is 0 Å². The number of hydrogen-bond donors (Lipinski definition) is 0. The van der Waals surface area contributed by atoms with E-state index in [1.807, 2.05) is 0 Å². The largest absolute Gasteiger partial charge is 0.354 e. The molecule has 6 heteroatoms. The van der Waals surface area contributed by atoms with Crippen molar-refractivity contribution in [2.75, 3.05) is 37.6 Å². The van der Waals surface area contributed by atoms with Crippen molar-refractivity contribution in [3.8, 4) is 5.69 Å². The predicted molar refractivity (Wildman–Crippen MR) is 165 cm³/mol. The van der Waals surface area contributed by atoms with Crippen LogP contribution in [0.4, 0.5) is 5.82 Å². The van der Waals surface area contributed by atoms with Crippen LogP contribution in [0.3, 0.4) is 0 Å². The van der Waals surface area contributed by atoms with E-state index in [-0.39, 0.29) is 6.04 Å². The third-order valence-electron chi connectivity index (χ3n) is 8.54. The van der Waals surface area contributed by atoms with Crippen LogP contribution in [0.15, 0.2) is 30.3 Å². The van der Waals surface area contributed by atoms with E-state index >= 15 is 0 Å². The number of rotatable bonds is 17. The number of nitrogens with zero attached hydrogens (tertiary/aromatic N) is 5. The Hall–Kier alpha value is -2.34. The van der Waals surface area contributed by atoms with Gasteiger partial charge in [-0.2, -0.15) is 5.10 Å². The topological polar surface area (TPSA) is 44.6 Å². The monoisotopic (exact) mass is 537 g/mol. The molecule has 1 unspecified atom stereocenters. The van der Waals surface area contributed by atoms with Gasteiger partial charge in [0.2, 0.25) is 5.91 Å². The fourth-order valence-electron chi connectivity index (χ4n) is 5.69. The SMILES string of the molecule is CCCCCCCCCCCC(=O)N(Cc1c(C)nn(-c2ccccc2)c1N1CCN(CC)CC1)C(C)CC. The molecule has 0 N–H and O–H groups in total. The van der Waals surface area contributed by atoms with Gasteiger partial charge in [-0.1, -0.05) is 90.3 Å². The Kier molecular flexibility index (Phi) is 13.3. The van der Waals surface area contributed by atoms with Crippen LogP contribution in [0.2, 0.25) is 0 Å². The first-order chi connectivity index (χ1) is 19.0. The molecule has 0 spiro atoms. The highest BCUT2D eigenvalue weighted by atomic mass is 16.2. The highest BCUT2D eigenvalue weighted by Gasteiger charge is 2.28. The summed E-state index contributed by atoms with van der Waals surface area (Å²) in [6.45, 7) is 16.8. The summed E-state index contributed by atoms with van der Waals surface area (Å²) in [4.78, 5) is 20.7. The number of aromatic nitrogens is 2. The van der Waals surface area contributed by atoms with E-state index in [1.165, 1.54) is 56.3 Å². The summed E-state index contributed by atoms with van der Waals surface area (Å²) in [5.41, 5.74) is 3.30. The minimum Gasteiger partial charge on any atom is -0.354 e. The van der Waals surface area contributed by atoms with Gasteiger partial charge in [0, 0.05) is 44.2 Å². The van der Waals surface area contributed by atoms with Gasteiger partial charge in [-0.15, -0.1) is 0 Å². The molecule has 1 atom stereocenters. The van der Waals surface area contributed by atoms with Gasteiger partial charge < -0.3 is 14.7 Å². The molecule has 6 nitrogen and oxygen atoms in total. The van der Waals surface area contributed by atoms with Crippen LogP contribution in [-0.2, 0) is 11.3 Å².